The van der Waals surface area contributed by atoms with Crippen molar-refractivity contribution in [3.63, 3.8) is 0 Å². The lowest BCUT2D eigenvalue weighted by atomic mass is 10.2. The Morgan fingerprint density at radius 1 is 1.42 bits per heavy atom. The highest BCUT2D eigenvalue weighted by Gasteiger charge is 2.20. The number of esters is 1. The molecule has 0 aliphatic heterocycles. The highest BCUT2D eigenvalue weighted by Crippen LogP contribution is 2.27. The highest BCUT2D eigenvalue weighted by molar-refractivity contribution is 7.20. The van der Waals surface area contributed by atoms with Gasteiger partial charge in [0.15, 0.2) is 0 Å². The van der Waals surface area contributed by atoms with Gasteiger partial charge < -0.3 is 9.72 Å². The Morgan fingerprint density at radius 2 is 2.21 bits per heavy atom. The molecule has 126 valence electrons. The van der Waals surface area contributed by atoms with Crippen LogP contribution in [0.2, 0.25) is 0 Å². The van der Waals surface area contributed by atoms with Crippen LogP contribution in [0, 0.1) is 13.8 Å². The Labute approximate surface area is 142 Å². The Balaban J connectivity index is 1.91. The van der Waals surface area contributed by atoms with Gasteiger partial charge in [0.1, 0.15) is 15.5 Å². The van der Waals surface area contributed by atoms with Crippen LogP contribution in [0.5, 0.6) is 0 Å². The molecule has 0 unspecified atom stereocenters. The molecule has 3 aromatic rings. The van der Waals surface area contributed by atoms with E-state index in [-0.39, 0.29) is 5.56 Å². The summed E-state index contributed by atoms with van der Waals surface area (Å²) in [7, 11) is 0. The number of nitrogens with one attached hydrogen (secondary N) is 1. The lowest BCUT2D eigenvalue weighted by Gasteiger charge is -2.02. The molecular formula is C16H18N4O3S. The van der Waals surface area contributed by atoms with Gasteiger partial charge in [-0.05, 0) is 31.9 Å². The third-order valence-corrected chi connectivity index (χ3v) is 4.82. The average molecular weight is 346 g/mol. The third kappa shape index (κ3) is 3.09. The van der Waals surface area contributed by atoms with Crippen LogP contribution in [0.3, 0.4) is 0 Å². The fourth-order valence-electron chi connectivity index (χ4n) is 2.51. The first-order chi connectivity index (χ1) is 11.5. The number of hydrogen-bond acceptors (Lipinski definition) is 6. The number of rotatable bonds is 5. The van der Waals surface area contributed by atoms with Crippen molar-refractivity contribution in [2.24, 2.45) is 0 Å². The molecule has 3 heterocycles. The lowest BCUT2D eigenvalue weighted by molar-refractivity contribution is 0.0531. The maximum atomic E-state index is 12.4. The number of carbonyl (C=O) groups excluding carboxylic acids is 1. The number of H-pyrrole nitrogens is 1. The Hall–Kier alpha value is -2.48. The van der Waals surface area contributed by atoms with Gasteiger partial charge in [-0.2, -0.15) is 5.10 Å². The molecule has 0 fully saturated rings. The fourth-order valence-corrected chi connectivity index (χ4v) is 3.60. The minimum atomic E-state index is -0.411. The number of aryl methyl sites for hydroxylation is 4. The molecule has 1 N–H and O–H groups in total. The summed E-state index contributed by atoms with van der Waals surface area (Å²) in [4.78, 5) is 32.6. The van der Waals surface area contributed by atoms with E-state index in [2.05, 4.69) is 15.1 Å². The molecule has 0 bridgehead atoms. The van der Waals surface area contributed by atoms with Crippen LogP contribution in [0.25, 0.3) is 10.2 Å². The lowest BCUT2D eigenvalue weighted by Crippen LogP contribution is -2.14. The maximum Gasteiger partial charge on any atom is 0.348 e. The molecule has 0 saturated carbocycles. The Morgan fingerprint density at radius 3 is 2.88 bits per heavy atom. The zero-order valence-corrected chi connectivity index (χ0v) is 14.6. The van der Waals surface area contributed by atoms with Crippen LogP contribution >= 0.6 is 11.3 Å². The molecule has 0 spiro atoms. The molecule has 0 atom stereocenters. The monoisotopic (exact) mass is 346 g/mol. The summed E-state index contributed by atoms with van der Waals surface area (Å²) >= 11 is 1.20. The molecule has 8 heteroatoms. The first-order valence-electron chi connectivity index (χ1n) is 7.68. The maximum absolute atomic E-state index is 12.4. The highest BCUT2D eigenvalue weighted by atomic mass is 32.1. The Bertz CT molecular complexity index is 954. The van der Waals surface area contributed by atoms with Crippen LogP contribution in [0.1, 0.15) is 33.5 Å². The summed E-state index contributed by atoms with van der Waals surface area (Å²) in [5.41, 5.74) is 1.48. The molecule has 7 nitrogen and oxygen atoms in total. The van der Waals surface area contributed by atoms with Gasteiger partial charge in [-0.15, -0.1) is 11.3 Å². The van der Waals surface area contributed by atoms with E-state index in [1.165, 1.54) is 11.3 Å². The summed E-state index contributed by atoms with van der Waals surface area (Å²) in [5.74, 6) is 0.170. The quantitative estimate of drug-likeness (QED) is 0.716. The number of thiophene rings is 1. The smallest absolute Gasteiger partial charge is 0.348 e. The first kappa shape index (κ1) is 16.4. The zero-order chi connectivity index (χ0) is 17.3. The molecule has 0 radical (unpaired) electrons. The van der Waals surface area contributed by atoms with E-state index in [1.54, 1.807) is 20.0 Å². The number of fused-ring (bicyclic) bond motifs is 1. The van der Waals surface area contributed by atoms with Crippen molar-refractivity contribution in [1.82, 2.24) is 19.7 Å². The van der Waals surface area contributed by atoms with Gasteiger partial charge in [0.2, 0.25) is 0 Å². The normalized spacial score (nSPS) is 11.1. The van der Waals surface area contributed by atoms with Crippen LogP contribution in [-0.2, 0) is 17.7 Å². The number of hydrogen-bond donors (Lipinski definition) is 1. The summed E-state index contributed by atoms with van der Waals surface area (Å²) in [5, 5.41) is 4.68. The van der Waals surface area contributed by atoms with E-state index in [9.17, 15) is 9.59 Å². The van der Waals surface area contributed by atoms with Gasteiger partial charge >= 0.3 is 5.97 Å². The van der Waals surface area contributed by atoms with Gasteiger partial charge in [-0.25, -0.2) is 9.78 Å². The second-order valence-electron chi connectivity index (χ2n) is 5.50. The second kappa shape index (κ2) is 6.56. The first-order valence-corrected chi connectivity index (χ1v) is 8.49. The second-order valence-corrected chi connectivity index (χ2v) is 6.50. The van der Waals surface area contributed by atoms with Crippen molar-refractivity contribution >= 4 is 27.5 Å². The van der Waals surface area contributed by atoms with E-state index >= 15 is 0 Å². The van der Waals surface area contributed by atoms with Crippen LogP contribution in [-0.4, -0.2) is 32.3 Å². The van der Waals surface area contributed by atoms with Crippen LogP contribution in [0.4, 0.5) is 0 Å². The summed E-state index contributed by atoms with van der Waals surface area (Å²) in [6.07, 6.45) is 4.27. The molecule has 0 aliphatic carbocycles. The van der Waals surface area contributed by atoms with Gasteiger partial charge in [0.25, 0.3) is 5.56 Å². The van der Waals surface area contributed by atoms with Crippen molar-refractivity contribution in [2.75, 3.05) is 6.61 Å². The van der Waals surface area contributed by atoms with E-state index in [0.29, 0.717) is 46.1 Å². The van der Waals surface area contributed by atoms with E-state index < -0.39 is 5.97 Å². The number of carbonyl (C=O) groups is 1. The Kier molecular flexibility index (Phi) is 4.48. The number of aromatic amines is 1. The van der Waals surface area contributed by atoms with Crippen molar-refractivity contribution in [3.8, 4) is 0 Å². The van der Waals surface area contributed by atoms with Crippen molar-refractivity contribution in [1.29, 1.82) is 0 Å². The van der Waals surface area contributed by atoms with E-state index in [4.69, 9.17) is 4.74 Å². The van der Waals surface area contributed by atoms with Crippen molar-refractivity contribution < 1.29 is 9.53 Å². The predicted octanol–water partition coefficient (Wildman–Crippen LogP) is 2.22. The predicted molar refractivity (Wildman–Crippen MR) is 91.6 cm³/mol. The molecule has 0 aromatic carbocycles. The standard InChI is InChI=1S/C16H18N4O3S/c1-4-23-16(22)13-10(3)12-14(21)18-11(19-15(12)24-13)5-6-20-8-9(2)7-17-20/h7-8H,4-6H2,1-3H3,(H,18,19,21). The fraction of sp³-hybridized carbons (Fsp3) is 0.375. The number of nitrogens with zero attached hydrogens (tertiary/aromatic N) is 3. The topological polar surface area (TPSA) is 89.9 Å². The summed E-state index contributed by atoms with van der Waals surface area (Å²) in [6, 6.07) is 0. The van der Waals surface area contributed by atoms with Crippen molar-refractivity contribution in [2.45, 2.75) is 33.7 Å². The third-order valence-electron chi connectivity index (χ3n) is 3.65. The molecule has 24 heavy (non-hydrogen) atoms. The minimum absolute atomic E-state index is 0.226. The molecular weight excluding hydrogens is 328 g/mol. The SMILES string of the molecule is CCOC(=O)c1sc2nc(CCn3cc(C)cn3)[nH]c(=O)c2c1C. The molecule has 0 aliphatic rings. The van der Waals surface area contributed by atoms with E-state index in [1.807, 2.05) is 17.8 Å². The minimum Gasteiger partial charge on any atom is -0.462 e. The molecule has 0 saturated heterocycles. The number of aromatic nitrogens is 4. The van der Waals surface area contributed by atoms with Crippen molar-refractivity contribution in [3.05, 3.63) is 44.6 Å². The largest absolute Gasteiger partial charge is 0.462 e. The van der Waals surface area contributed by atoms with E-state index in [0.717, 1.165) is 5.56 Å². The van der Waals surface area contributed by atoms with Gasteiger partial charge in [-0.1, -0.05) is 0 Å². The summed E-state index contributed by atoms with van der Waals surface area (Å²) < 4.78 is 6.84. The molecule has 3 rings (SSSR count). The molecule has 3 aromatic heterocycles. The van der Waals surface area contributed by atoms with Crippen LogP contribution < -0.4 is 5.56 Å². The van der Waals surface area contributed by atoms with Gasteiger partial charge in [0, 0.05) is 19.2 Å². The average Bonchev–Trinajstić information content (AvgIpc) is 3.09. The summed E-state index contributed by atoms with van der Waals surface area (Å²) in [6.45, 7) is 6.39. The van der Waals surface area contributed by atoms with Gasteiger partial charge in [-0.3, -0.25) is 9.48 Å². The van der Waals surface area contributed by atoms with Gasteiger partial charge in [0.05, 0.1) is 18.2 Å². The zero-order valence-electron chi connectivity index (χ0n) is 13.8. The number of ether oxygens (including phenoxy) is 1. The molecule has 0 amide bonds. The van der Waals surface area contributed by atoms with Crippen LogP contribution in [0.15, 0.2) is 17.2 Å².